The summed E-state index contributed by atoms with van der Waals surface area (Å²) in [6.45, 7) is 0.134. The fourth-order valence-electron chi connectivity index (χ4n) is 3.48. The molecule has 0 saturated heterocycles. The van der Waals surface area contributed by atoms with E-state index in [0.29, 0.717) is 22.6 Å². The van der Waals surface area contributed by atoms with Crippen molar-refractivity contribution in [3.05, 3.63) is 76.6 Å². The predicted molar refractivity (Wildman–Crippen MR) is 112 cm³/mol. The molecule has 0 atom stereocenters. The summed E-state index contributed by atoms with van der Waals surface area (Å²) < 4.78 is 13.3. The Balaban J connectivity index is 1.60. The zero-order valence-electron chi connectivity index (χ0n) is 15.5. The molecule has 2 amide bonds. The van der Waals surface area contributed by atoms with Crippen LogP contribution in [0.4, 0.5) is 4.39 Å². The van der Waals surface area contributed by atoms with Crippen molar-refractivity contribution in [1.82, 2.24) is 9.88 Å². The predicted octanol–water partition coefficient (Wildman–Crippen LogP) is 3.36. The van der Waals surface area contributed by atoms with Crippen molar-refractivity contribution in [2.45, 2.75) is 6.42 Å². The maximum atomic E-state index is 13.3. The molecule has 0 saturated carbocycles. The number of fused-ring (bicyclic) bond motifs is 1. The number of hydrogen-bond donors (Lipinski definition) is 2. The second kappa shape index (κ2) is 8.23. The number of hydrogen-bond acceptors (Lipinski definition) is 4. The third kappa shape index (κ3) is 3.71. The minimum Gasteiger partial charge on any atom is -0.396 e. The van der Waals surface area contributed by atoms with Crippen LogP contribution < -0.4 is 0 Å². The van der Waals surface area contributed by atoms with Crippen LogP contribution in [-0.4, -0.2) is 45.7 Å². The first-order valence-corrected chi connectivity index (χ1v) is 10.2. The number of rotatable bonds is 7. The summed E-state index contributed by atoms with van der Waals surface area (Å²) in [6, 6.07) is 13.4. The average Bonchev–Trinajstić information content (AvgIpc) is 3.24. The largest absolute Gasteiger partial charge is 0.396 e. The number of aliphatic hydroxyl groups is 1. The molecule has 2 aromatic carbocycles. The van der Waals surface area contributed by atoms with Crippen molar-refractivity contribution in [2.75, 3.05) is 18.9 Å². The molecule has 7 heteroatoms. The molecule has 0 aliphatic carbocycles. The smallest absolute Gasteiger partial charge is 0.267 e. The van der Waals surface area contributed by atoms with Gasteiger partial charge in [0.15, 0.2) is 0 Å². The lowest BCUT2D eigenvalue weighted by Crippen LogP contribution is -2.33. The van der Waals surface area contributed by atoms with E-state index in [9.17, 15) is 14.0 Å². The summed E-state index contributed by atoms with van der Waals surface area (Å²) in [5.41, 5.74) is 2.80. The maximum Gasteiger partial charge on any atom is 0.267 e. The molecular formula is C22H19FN2O3S. The topological polar surface area (TPSA) is 73.4 Å². The van der Waals surface area contributed by atoms with Gasteiger partial charge in [0.1, 0.15) is 5.82 Å². The monoisotopic (exact) mass is 410 g/mol. The van der Waals surface area contributed by atoms with Crippen molar-refractivity contribution >= 4 is 40.1 Å². The minimum atomic E-state index is -0.410. The van der Waals surface area contributed by atoms with E-state index in [4.69, 9.17) is 5.11 Å². The van der Waals surface area contributed by atoms with Crippen LogP contribution in [0.1, 0.15) is 11.1 Å². The van der Waals surface area contributed by atoms with Gasteiger partial charge in [0, 0.05) is 29.4 Å². The summed E-state index contributed by atoms with van der Waals surface area (Å²) in [6.07, 6.45) is 2.42. The van der Waals surface area contributed by atoms with Gasteiger partial charge in [-0.15, -0.1) is 11.8 Å². The molecule has 0 radical (unpaired) electrons. The molecule has 148 valence electrons. The Morgan fingerprint density at radius 3 is 2.55 bits per heavy atom. The Hall–Kier alpha value is -2.90. The van der Waals surface area contributed by atoms with Crippen LogP contribution >= 0.6 is 11.8 Å². The average molecular weight is 410 g/mol. The Morgan fingerprint density at radius 1 is 1.03 bits per heavy atom. The highest BCUT2D eigenvalue weighted by molar-refractivity contribution is 8.04. The van der Waals surface area contributed by atoms with Crippen LogP contribution in [0, 0.1) is 5.82 Å². The molecular weight excluding hydrogens is 391 g/mol. The molecule has 3 aromatic rings. The highest BCUT2D eigenvalue weighted by atomic mass is 32.2. The lowest BCUT2D eigenvalue weighted by Gasteiger charge is -2.15. The highest BCUT2D eigenvalue weighted by Gasteiger charge is 2.38. The van der Waals surface area contributed by atoms with Crippen molar-refractivity contribution in [1.29, 1.82) is 0 Å². The maximum absolute atomic E-state index is 13.3. The number of aromatic amines is 1. The van der Waals surface area contributed by atoms with Gasteiger partial charge in [0.2, 0.25) is 0 Å². The molecule has 2 heterocycles. The number of benzene rings is 2. The third-order valence-electron chi connectivity index (χ3n) is 4.88. The molecule has 2 N–H and O–H groups in total. The van der Waals surface area contributed by atoms with E-state index in [0.717, 1.165) is 28.2 Å². The van der Waals surface area contributed by atoms with Crippen LogP contribution in [-0.2, 0) is 16.0 Å². The quantitative estimate of drug-likeness (QED) is 0.586. The first kappa shape index (κ1) is 19.4. The summed E-state index contributed by atoms with van der Waals surface area (Å²) in [4.78, 5) is 30.8. The number of nitrogens with one attached hydrogen (secondary N) is 1. The fourth-order valence-corrected chi connectivity index (χ4v) is 4.36. The van der Waals surface area contributed by atoms with Crippen molar-refractivity contribution < 1.29 is 19.1 Å². The number of thioether (sulfide) groups is 1. The van der Waals surface area contributed by atoms with E-state index >= 15 is 0 Å². The Labute approximate surface area is 171 Å². The van der Waals surface area contributed by atoms with Crippen molar-refractivity contribution in [3.8, 4) is 0 Å². The Morgan fingerprint density at radius 2 is 1.79 bits per heavy atom. The summed E-state index contributed by atoms with van der Waals surface area (Å²) in [7, 11) is 0. The van der Waals surface area contributed by atoms with Gasteiger partial charge in [0.25, 0.3) is 11.8 Å². The molecule has 4 rings (SSSR count). The van der Waals surface area contributed by atoms with Gasteiger partial charge in [0.05, 0.1) is 17.1 Å². The fraction of sp³-hybridized carbons (Fsp3) is 0.182. The van der Waals surface area contributed by atoms with E-state index < -0.39 is 5.82 Å². The number of H-pyrrole nitrogens is 1. The van der Waals surface area contributed by atoms with Gasteiger partial charge >= 0.3 is 0 Å². The van der Waals surface area contributed by atoms with Crippen LogP contribution in [0.25, 0.3) is 16.5 Å². The summed E-state index contributed by atoms with van der Waals surface area (Å²) in [5, 5.41) is 10.2. The minimum absolute atomic E-state index is 0.109. The summed E-state index contributed by atoms with van der Waals surface area (Å²) in [5.74, 6) is -0.864. The van der Waals surface area contributed by atoms with Gasteiger partial charge in [-0.25, -0.2) is 4.39 Å². The molecule has 1 aliphatic rings. The van der Waals surface area contributed by atoms with Crippen LogP contribution in [0.5, 0.6) is 0 Å². The number of carbonyl (C=O) groups is 2. The first-order valence-electron chi connectivity index (χ1n) is 9.25. The van der Waals surface area contributed by atoms with E-state index in [1.807, 2.05) is 30.5 Å². The SMILES string of the molecule is O=C1C(SCCO)=C(c2ccc(F)cc2)C(=O)N1CCc1c[nH]c2ccccc12. The number of aliphatic hydroxyl groups excluding tert-OH is 1. The lowest BCUT2D eigenvalue weighted by atomic mass is 10.1. The summed E-state index contributed by atoms with van der Waals surface area (Å²) >= 11 is 1.15. The molecule has 29 heavy (non-hydrogen) atoms. The van der Waals surface area contributed by atoms with E-state index in [2.05, 4.69) is 4.98 Å². The normalized spacial score (nSPS) is 14.5. The first-order chi connectivity index (χ1) is 14.1. The highest BCUT2D eigenvalue weighted by Crippen LogP contribution is 2.36. The molecule has 1 aromatic heterocycles. The number of carbonyl (C=O) groups excluding carboxylic acids is 2. The zero-order chi connectivity index (χ0) is 20.4. The number of imide groups is 1. The van der Waals surface area contributed by atoms with Crippen LogP contribution in [0.3, 0.4) is 0 Å². The third-order valence-corrected chi connectivity index (χ3v) is 5.93. The molecule has 1 aliphatic heterocycles. The second-order valence-corrected chi connectivity index (χ2v) is 7.76. The van der Waals surface area contributed by atoms with Crippen LogP contribution in [0.2, 0.25) is 0 Å². The zero-order valence-corrected chi connectivity index (χ0v) is 16.3. The van der Waals surface area contributed by atoms with Gasteiger partial charge in [-0.3, -0.25) is 14.5 Å². The van der Waals surface area contributed by atoms with Gasteiger partial charge in [-0.1, -0.05) is 30.3 Å². The number of nitrogens with zero attached hydrogens (tertiary/aromatic N) is 1. The number of amides is 2. The van der Waals surface area contributed by atoms with Gasteiger partial charge in [-0.2, -0.15) is 0 Å². The van der Waals surface area contributed by atoms with Crippen LogP contribution in [0.15, 0.2) is 59.6 Å². The Kier molecular flexibility index (Phi) is 5.51. The number of halogens is 1. The van der Waals surface area contributed by atoms with E-state index in [1.165, 1.54) is 29.2 Å². The van der Waals surface area contributed by atoms with Gasteiger partial charge < -0.3 is 10.1 Å². The molecule has 5 nitrogen and oxygen atoms in total. The molecule has 0 unspecified atom stereocenters. The number of para-hydroxylation sites is 1. The van der Waals surface area contributed by atoms with Gasteiger partial charge in [-0.05, 0) is 35.7 Å². The molecule has 0 bridgehead atoms. The molecule has 0 spiro atoms. The van der Waals surface area contributed by atoms with Crippen molar-refractivity contribution in [2.24, 2.45) is 0 Å². The lowest BCUT2D eigenvalue weighted by molar-refractivity contribution is -0.136. The van der Waals surface area contributed by atoms with E-state index in [-0.39, 0.29) is 30.5 Å². The molecule has 0 fully saturated rings. The van der Waals surface area contributed by atoms with Crippen molar-refractivity contribution in [3.63, 3.8) is 0 Å². The number of aromatic nitrogens is 1. The Bertz CT molecular complexity index is 1100. The second-order valence-electron chi connectivity index (χ2n) is 6.65. The standard InChI is InChI=1S/C22H19FN2O3S/c23-16-7-5-14(6-8-16)19-20(29-12-11-26)22(28)25(21(19)27)10-9-15-13-24-18-4-2-1-3-17(15)18/h1-8,13,24,26H,9-12H2. The van der Waals surface area contributed by atoms with E-state index in [1.54, 1.807) is 0 Å².